The van der Waals surface area contributed by atoms with Gasteiger partial charge in [-0.3, -0.25) is 9.59 Å². The summed E-state index contributed by atoms with van der Waals surface area (Å²) in [5.41, 5.74) is 2.69. The average molecular weight is 314 g/mol. The summed E-state index contributed by atoms with van der Waals surface area (Å²) < 4.78 is 0. The molecule has 5 heteroatoms. The first-order chi connectivity index (χ1) is 10.6. The first kappa shape index (κ1) is 14.8. The minimum Gasteiger partial charge on any atom is -0.347 e. The van der Waals surface area contributed by atoms with Crippen LogP contribution in [0.15, 0.2) is 35.7 Å². The predicted octanol–water partition coefficient (Wildman–Crippen LogP) is 3.11. The van der Waals surface area contributed by atoms with Crippen LogP contribution in [0.2, 0.25) is 0 Å². The molecule has 22 heavy (non-hydrogen) atoms. The number of thiophene rings is 1. The lowest BCUT2D eigenvalue weighted by Gasteiger charge is -2.15. The lowest BCUT2D eigenvalue weighted by atomic mass is 10.2. The van der Waals surface area contributed by atoms with Crippen LogP contribution in [0.5, 0.6) is 0 Å². The van der Waals surface area contributed by atoms with E-state index in [0.29, 0.717) is 18.5 Å². The number of benzene rings is 1. The van der Waals surface area contributed by atoms with Gasteiger partial charge in [-0.2, -0.15) is 0 Å². The zero-order valence-corrected chi connectivity index (χ0v) is 13.3. The summed E-state index contributed by atoms with van der Waals surface area (Å²) in [6.07, 6.45) is 1.52. The standard InChI is InChI=1S/C17H18N2O2S/c1-12-8-10-22-15(12)11-18-17(21)13-4-6-14(7-5-13)19-9-2-3-16(19)20/h4-8,10H,2-3,9,11H2,1H3,(H,18,21). The Balaban J connectivity index is 1.63. The van der Waals surface area contributed by atoms with Crippen LogP contribution in [0.1, 0.15) is 33.6 Å². The van der Waals surface area contributed by atoms with Crippen LogP contribution in [0, 0.1) is 6.92 Å². The van der Waals surface area contributed by atoms with Crippen LogP contribution in [0.4, 0.5) is 5.69 Å². The van der Waals surface area contributed by atoms with E-state index >= 15 is 0 Å². The third kappa shape index (κ3) is 3.04. The van der Waals surface area contributed by atoms with Gasteiger partial charge >= 0.3 is 0 Å². The van der Waals surface area contributed by atoms with Crippen molar-refractivity contribution in [3.63, 3.8) is 0 Å². The van der Waals surface area contributed by atoms with Crippen LogP contribution in [0.25, 0.3) is 0 Å². The van der Waals surface area contributed by atoms with E-state index < -0.39 is 0 Å². The topological polar surface area (TPSA) is 49.4 Å². The number of aryl methyl sites for hydroxylation is 1. The molecule has 3 rings (SSSR count). The van der Waals surface area contributed by atoms with E-state index in [1.165, 1.54) is 10.4 Å². The second kappa shape index (κ2) is 6.32. The molecule has 1 N–H and O–H groups in total. The molecule has 1 aromatic heterocycles. The van der Waals surface area contributed by atoms with Crippen molar-refractivity contribution in [3.8, 4) is 0 Å². The van der Waals surface area contributed by atoms with Gasteiger partial charge < -0.3 is 10.2 Å². The molecule has 1 aromatic carbocycles. The molecular weight excluding hydrogens is 296 g/mol. The van der Waals surface area contributed by atoms with E-state index in [9.17, 15) is 9.59 Å². The van der Waals surface area contributed by atoms with Crippen molar-refractivity contribution in [1.82, 2.24) is 5.32 Å². The first-order valence-electron chi connectivity index (χ1n) is 7.37. The summed E-state index contributed by atoms with van der Waals surface area (Å²) in [5.74, 6) is 0.0671. The monoisotopic (exact) mass is 314 g/mol. The molecule has 1 aliphatic heterocycles. The zero-order valence-electron chi connectivity index (χ0n) is 12.5. The van der Waals surface area contributed by atoms with E-state index in [1.807, 2.05) is 30.5 Å². The normalized spacial score (nSPS) is 14.4. The molecule has 0 unspecified atom stereocenters. The number of carbonyl (C=O) groups is 2. The van der Waals surface area contributed by atoms with Gasteiger partial charge in [0.15, 0.2) is 0 Å². The maximum Gasteiger partial charge on any atom is 0.251 e. The van der Waals surface area contributed by atoms with Crippen LogP contribution in [-0.2, 0) is 11.3 Å². The van der Waals surface area contributed by atoms with Gasteiger partial charge in [0.1, 0.15) is 0 Å². The van der Waals surface area contributed by atoms with Crippen molar-refractivity contribution < 1.29 is 9.59 Å². The number of nitrogens with zero attached hydrogens (tertiary/aromatic N) is 1. The largest absolute Gasteiger partial charge is 0.347 e. The van der Waals surface area contributed by atoms with Crippen molar-refractivity contribution in [1.29, 1.82) is 0 Å². The second-order valence-corrected chi connectivity index (χ2v) is 6.41. The highest BCUT2D eigenvalue weighted by Gasteiger charge is 2.21. The van der Waals surface area contributed by atoms with Crippen molar-refractivity contribution in [3.05, 3.63) is 51.7 Å². The van der Waals surface area contributed by atoms with Gasteiger partial charge in [-0.05, 0) is 54.6 Å². The quantitative estimate of drug-likeness (QED) is 0.942. The summed E-state index contributed by atoms with van der Waals surface area (Å²) in [7, 11) is 0. The Morgan fingerprint density at radius 2 is 2.05 bits per heavy atom. The average Bonchev–Trinajstić information content (AvgIpc) is 3.13. The molecule has 114 valence electrons. The summed E-state index contributed by atoms with van der Waals surface area (Å²) in [6, 6.07) is 9.28. The van der Waals surface area contributed by atoms with Crippen LogP contribution in [0.3, 0.4) is 0 Å². The SMILES string of the molecule is Cc1ccsc1CNC(=O)c1ccc(N2CCCC2=O)cc1. The summed E-state index contributed by atoms with van der Waals surface area (Å²) >= 11 is 1.65. The third-order valence-corrected chi connectivity index (χ3v) is 4.92. The third-order valence-electron chi connectivity index (χ3n) is 3.89. The van der Waals surface area contributed by atoms with Gasteiger partial charge in [0, 0.05) is 29.1 Å². The van der Waals surface area contributed by atoms with Gasteiger partial charge in [-0.1, -0.05) is 0 Å². The molecule has 0 atom stereocenters. The molecule has 2 aromatic rings. The van der Waals surface area contributed by atoms with Crippen molar-refractivity contribution in [2.75, 3.05) is 11.4 Å². The smallest absolute Gasteiger partial charge is 0.251 e. The number of amides is 2. The fraction of sp³-hybridized carbons (Fsp3) is 0.294. The minimum atomic E-state index is -0.0906. The fourth-order valence-corrected chi connectivity index (χ4v) is 3.41. The number of carbonyl (C=O) groups excluding carboxylic acids is 2. The molecule has 0 bridgehead atoms. The molecule has 0 spiro atoms. The molecule has 1 saturated heterocycles. The van der Waals surface area contributed by atoms with Crippen molar-refractivity contribution in [2.24, 2.45) is 0 Å². The predicted molar refractivity (Wildman–Crippen MR) is 88.3 cm³/mol. The minimum absolute atomic E-state index is 0.0906. The molecule has 1 fully saturated rings. The number of nitrogens with one attached hydrogen (secondary N) is 1. The van der Waals surface area contributed by atoms with E-state index in [4.69, 9.17) is 0 Å². The van der Waals surface area contributed by atoms with E-state index in [1.54, 1.807) is 28.4 Å². The fourth-order valence-electron chi connectivity index (χ4n) is 2.56. The van der Waals surface area contributed by atoms with E-state index in [-0.39, 0.29) is 11.8 Å². The summed E-state index contributed by atoms with van der Waals surface area (Å²) in [6.45, 7) is 3.36. The highest BCUT2D eigenvalue weighted by atomic mass is 32.1. The van der Waals surface area contributed by atoms with Gasteiger partial charge in [0.05, 0.1) is 6.54 Å². The summed E-state index contributed by atoms with van der Waals surface area (Å²) in [5, 5.41) is 4.96. The zero-order chi connectivity index (χ0) is 15.5. The number of hydrogen-bond acceptors (Lipinski definition) is 3. The Morgan fingerprint density at radius 3 is 2.64 bits per heavy atom. The molecular formula is C17H18N2O2S. The summed E-state index contributed by atoms with van der Waals surface area (Å²) in [4.78, 5) is 26.8. The molecule has 4 nitrogen and oxygen atoms in total. The number of rotatable bonds is 4. The van der Waals surface area contributed by atoms with E-state index in [0.717, 1.165) is 18.7 Å². The molecule has 0 saturated carbocycles. The van der Waals surface area contributed by atoms with Gasteiger partial charge in [-0.15, -0.1) is 11.3 Å². The molecule has 0 aliphatic carbocycles. The Kier molecular flexibility index (Phi) is 4.24. The number of anilines is 1. The van der Waals surface area contributed by atoms with Crippen molar-refractivity contribution in [2.45, 2.75) is 26.3 Å². The molecule has 1 aliphatic rings. The molecule has 0 radical (unpaired) electrons. The Morgan fingerprint density at radius 1 is 1.27 bits per heavy atom. The van der Waals surface area contributed by atoms with Crippen LogP contribution < -0.4 is 10.2 Å². The van der Waals surface area contributed by atoms with Gasteiger partial charge in [-0.25, -0.2) is 0 Å². The highest BCUT2D eigenvalue weighted by molar-refractivity contribution is 7.10. The highest BCUT2D eigenvalue weighted by Crippen LogP contribution is 2.21. The second-order valence-electron chi connectivity index (χ2n) is 5.41. The maximum atomic E-state index is 12.2. The molecule has 2 heterocycles. The number of hydrogen-bond donors (Lipinski definition) is 1. The Hall–Kier alpha value is -2.14. The first-order valence-corrected chi connectivity index (χ1v) is 8.25. The van der Waals surface area contributed by atoms with Gasteiger partial charge in [0.25, 0.3) is 5.91 Å². The van der Waals surface area contributed by atoms with Gasteiger partial charge in [0.2, 0.25) is 5.91 Å². The van der Waals surface area contributed by atoms with Crippen molar-refractivity contribution >= 4 is 28.8 Å². The lowest BCUT2D eigenvalue weighted by Crippen LogP contribution is -2.24. The van der Waals surface area contributed by atoms with Crippen LogP contribution in [-0.4, -0.2) is 18.4 Å². The Labute approximate surface area is 133 Å². The Bertz CT molecular complexity index is 691. The van der Waals surface area contributed by atoms with Crippen LogP contribution >= 0.6 is 11.3 Å². The van der Waals surface area contributed by atoms with E-state index in [2.05, 4.69) is 5.32 Å². The lowest BCUT2D eigenvalue weighted by molar-refractivity contribution is -0.117. The molecule has 2 amide bonds. The maximum absolute atomic E-state index is 12.2.